The van der Waals surface area contributed by atoms with Crippen LogP contribution in [0.3, 0.4) is 0 Å². The van der Waals surface area contributed by atoms with E-state index in [1.165, 1.54) is 14.2 Å². The summed E-state index contributed by atoms with van der Waals surface area (Å²) in [5.41, 5.74) is 4.20. The predicted octanol–water partition coefficient (Wildman–Crippen LogP) is 5.23. The Morgan fingerprint density at radius 1 is 0.690 bits per heavy atom. The highest BCUT2D eigenvalue weighted by Crippen LogP contribution is 2.20. The van der Waals surface area contributed by atoms with Crippen LogP contribution in [0.15, 0.2) is 83.3 Å². The molecule has 3 rings (SSSR count). The van der Waals surface area contributed by atoms with E-state index in [0.717, 1.165) is 26.7 Å². The molecule has 0 aliphatic heterocycles. The highest BCUT2D eigenvalue weighted by atomic mass is 79.9. The van der Waals surface area contributed by atoms with Gasteiger partial charge in [0.15, 0.2) is 0 Å². The summed E-state index contributed by atoms with van der Waals surface area (Å²) in [5.74, 6) is -0.427. The van der Waals surface area contributed by atoms with Gasteiger partial charge in [-0.25, -0.2) is 0 Å². The summed E-state index contributed by atoms with van der Waals surface area (Å²) in [6, 6.07) is 25.6. The van der Waals surface area contributed by atoms with E-state index in [1.54, 1.807) is 0 Å². The van der Waals surface area contributed by atoms with E-state index in [0.29, 0.717) is 12.8 Å². The fraction of sp³-hybridized carbons (Fsp3) is 0.167. The zero-order valence-corrected chi connectivity index (χ0v) is 18.0. The number of hydrogen-bond acceptors (Lipinski definition) is 4. The van der Waals surface area contributed by atoms with Crippen LogP contribution in [0.4, 0.5) is 0 Å². The van der Waals surface area contributed by atoms with Gasteiger partial charge in [-0.1, -0.05) is 82.7 Å². The van der Waals surface area contributed by atoms with Gasteiger partial charge >= 0.3 is 11.9 Å². The first-order valence-corrected chi connectivity index (χ1v) is 9.83. The van der Waals surface area contributed by atoms with E-state index in [-0.39, 0.29) is 11.9 Å². The molecule has 0 saturated carbocycles. The topological polar surface area (TPSA) is 52.6 Å². The van der Waals surface area contributed by atoms with Crippen LogP contribution >= 0.6 is 15.9 Å². The molecule has 0 heterocycles. The first-order valence-electron chi connectivity index (χ1n) is 9.04. The molecule has 0 aromatic heterocycles. The van der Waals surface area contributed by atoms with Crippen molar-refractivity contribution < 1.29 is 19.1 Å². The third kappa shape index (κ3) is 7.92. The lowest BCUT2D eigenvalue weighted by atomic mass is 10.0. The summed E-state index contributed by atoms with van der Waals surface area (Å²) in [6.07, 6.45) is 0.646. The van der Waals surface area contributed by atoms with E-state index in [4.69, 9.17) is 0 Å². The number of benzene rings is 3. The van der Waals surface area contributed by atoms with Crippen LogP contribution < -0.4 is 0 Å². The maximum absolute atomic E-state index is 11.2. The van der Waals surface area contributed by atoms with Gasteiger partial charge in [0.05, 0.1) is 27.1 Å². The lowest BCUT2D eigenvalue weighted by Crippen LogP contribution is -2.04. The van der Waals surface area contributed by atoms with Crippen LogP contribution in [-0.2, 0) is 31.9 Å². The maximum atomic E-state index is 11.2. The molecule has 5 heteroatoms. The smallest absolute Gasteiger partial charge is 0.309 e. The summed E-state index contributed by atoms with van der Waals surface area (Å²) >= 11 is 3.32. The zero-order chi connectivity index (χ0) is 21.1. The lowest BCUT2D eigenvalue weighted by Gasteiger charge is -2.04. The first kappa shape index (κ1) is 22.4. The average molecular weight is 455 g/mol. The Hall–Kier alpha value is -2.92. The Balaban J connectivity index is 0.000000221. The molecular weight excluding hydrogens is 432 g/mol. The quantitative estimate of drug-likeness (QED) is 0.495. The summed E-state index contributed by atoms with van der Waals surface area (Å²) in [6.45, 7) is 0. The Morgan fingerprint density at radius 2 is 1.21 bits per heavy atom. The van der Waals surface area contributed by atoms with Gasteiger partial charge in [-0.15, -0.1) is 0 Å². The number of esters is 2. The van der Waals surface area contributed by atoms with Gasteiger partial charge in [0.1, 0.15) is 0 Å². The zero-order valence-electron chi connectivity index (χ0n) is 16.4. The first-order chi connectivity index (χ1) is 14.0. The number of halogens is 1. The average Bonchev–Trinajstić information content (AvgIpc) is 2.75. The van der Waals surface area contributed by atoms with Crippen LogP contribution in [-0.4, -0.2) is 26.2 Å². The fourth-order valence-electron chi connectivity index (χ4n) is 2.62. The molecule has 3 aromatic rings. The number of ether oxygens (including phenoxy) is 2. The van der Waals surface area contributed by atoms with E-state index in [9.17, 15) is 9.59 Å². The van der Waals surface area contributed by atoms with Crippen molar-refractivity contribution in [1.82, 2.24) is 0 Å². The third-order valence-electron chi connectivity index (χ3n) is 4.08. The largest absolute Gasteiger partial charge is 0.469 e. The molecule has 150 valence electrons. The van der Waals surface area contributed by atoms with Crippen LogP contribution in [0.5, 0.6) is 0 Å². The minimum absolute atomic E-state index is 0.213. The third-order valence-corrected chi connectivity index (χ3v) is 4.57. The van der Waals surface area contributed by atoms with Gasteiger partial charge in [-0.2, -0.15) is 0 Å². The van der Waals surface area contributed by atoms with Gasteiger partial charge in [0.2, 0.25) is 0 Å². The van der Waals surface area contributed by atoms with Crippen LogP contribution in [0.2, 0.25) is 0 Å². The predicted molar refractivity (Wildman–Crippen MR) is 117 cm³/mol. The van der Waals surface area contributed by atoms with Crippen LogP contribution in [0.1, 0.15) is 11.1 Å². The minimum Gasteiger partial charge on any atom is -0.469 e. The molecule has 0 saturated heterocycles. The number of methoxy groups -OCH3 is 2. The molecule has 0 amide bonds. The highest BCUT2D eigenvalue weighted by molar-refractivity contribution is 9.10. The van der Waals surface area contributed by atoms with Gasteiger partial charge in [0, 0.05) is 4.47 Å². The maximum Gasteiger partial charge on any atom is 0.309 e. The normalized spacial score (nSPS) is 9.76. The van der Waals surface area contributed by atoms with Crippen molar-refractivity contribution in [2.45, 2.75) is 12.8 Å². The van der Waals surface area contributed by atoms with Crippen molar-refractivity contribution in [3.8, 4) is 11.1 Å². The summed E-state index contributed by atoms with van der Waals surface area (Å²) in [7, 11) is 2.80. The molecule has 0 unspecified atom stereocenters. The van der Waals surface area contributed by atoms with Crippen molar-refractivity contribution in [1.29, 1.82) is 0 Å². The van der Waals surface area contributed by atoms with E-state index < -0.39 is 0 Å². The molecular formula is C24H23BrO4. The molecule has 0 radical (unpaired) electrons. The number of carbonyl (C=O) groups excluding carboxylic acids is 2. The molecule has 0 spiro atoms. The highest BCUT2D eigenvalue weighted by Gasteiger charge is 2.04. The van der Waals surface area contributed by atoms with E-state index >= 15 is 0 Å². The second-order valence-electron chi connectivity index (χ2n) is 6.20. The Morgan fingerprint density at radius 3 is 1.76 bits per heavy atom. The van der Waals surface area contributed by atoms with Crippen LogP contribution in [0, 0.1) is 0 Å². The van der Waals surface area contributed by atoms with Gasteiger partial charge in [-0.3, -0.25) is 9.59 Å². The molecule has 0 aliphatic rings. The minimum atomic E-state index is -0.215. The summed E-state index contributed by atoms with van der Waals surface area (Å²) < 4.78 is 10.2. The van der Waals surface area contributed by atoms with Gasteiger partial charge in [0.25, 0.3) is 0 Å². The Kier molecular flexibility index (Phi) is 9.12. The summed E-state index contributed by atoms with van der Waals surface area (Å²) in [5, 5.41) is 0. The van der Waals surface area contributed by atoms with Crippen molar-refractivity contribution in [3.05, 3.63) is 94.5 Å². The molecule has 0 N–H and O–H groups in total. The lowest BCUT2D eigenvalue weighted by molar-refractivity contribution is -0.140. The Labute approximate surface area is 179 Å². The SMILES string of the molecule is COC(=O)Cc1cccc(-c2ccccc2)c1.COC(=O)Cc1cccc(Br)c1. The van der Waals surface area contributed by atoms with E-state index in [2.05, 4.69) is 37.5 Å². The van der Waals surface area contributed by atoms with E-state index in [1.807, 2.05) is 66.7 Å². The number of carbonyl (C=O) groups is 2. The van der Waals surface area contributed by atoms with Gasteiger partial charge < -0.3 is 9.47 Å². The molecule has 29 heavy (non-hydrogen) atoms. The summed E-state index contributed by atoms with van der Waals surface area (Å²) in [4.78, 5) is 22.1. The van der Waals surface area contributed by atoms with Gasteiger partial charge in [-0.05, 0) is 34.4 Å². The van der Waals surface area contributed by atoms with Crippen molar-refractivity contribution in [2.75, 3.05) is 14.2 Å². The van der Waals surface area contributed by atoms with Crippen LogP contribution in [0.25, 0.3) is 11.1 Å². The monoisotopic (exact) mass is 454 g/mol. The Bertz CT molecular complexity index is 938. The fourth-order valence-corrected chi connectivity index (χ4v) is 3.06. The molecule has 0 fully saturated rings. The van der Waals surface area contributed by atoms with Crippen molar-refractivity contribution in [2.24, 2.45) is 0 Å². The number of hydrogen-bond donors (Lipinski definition) is 0. The standard InChI is InChI=1S/C15H14O2.C9H9BrO2/c1-17-15(16)11-12-6-5-9-14(10-12)13-7-3-2-4-8-13;1-12-9(11)6-7-3-2-4-8(10)5-7/h2-10H,11H2,1H3;2-5H,6H2,1H3. The second-order valence-corrected chi connectivity index (χ2v) is 7.12. The van der Waals surface area contributed by atoms with Crippen molar-refractivity contribution in [3.63, 3.8) is 0 Å². The molecule has 0 aliphatic carbocycles. The molecule has 0 bridgehead atoms. The van der Waals surface area contributed by atoms with Crippen molar-refractivity contribution >= 4 is 27.9 Å². The molecule has 4 nitrogen and oxygen atoms in total. The molecule has 0 atom stereocenters. The number of rotatable bonds is 5. The second kappa shape index (κ2) is 11.8. The molecule has 3 aromatic carbocycles.